The van der Waals surface area contributed by atoms with E-state index in [0.717, 1.165) is 27.9 Å². The summed E-state index contributed by atoms with van der Waals surface area (Å²) in [5, 5.41) is 9.48. The van der Waals surface area contributed by atoms with E-state index in [1.807, 2.05) is 42.6 Å². The number of halogens is 1. The summed E-state index contributed by atoms with van der Waals surface area (Å²) in [4.78, 5) is 4.57. The number of nitriles is 1. The predicted molar refractivity (Wildman–Crippen MR) is 88.8 cm³/mol. The van der Waals surface area contributed by atoms with Crippen LogP contribution in [0.5, 0.6) is 5.75 Å². The lowest BCUT2D eigenvalue weighted by atomic mass is 10.1. The van der Waals surface area contributed by atoms with Crippen LogP contribution in [0.15, 0.2) is 47.1 Å². The number of aromatic nitrogens is 2. The van der Waals surface area contributed by atoms with Crippen molar-refractivity contribution in [2.45, 2.75) is 13.3 Å². The average molecular weight is 356 g/mol. The number of hydrogen-bond donors (Lipinski definition) is 0. The Balaban J connectivity index is 2.04. The molecule has 0 bridgehead atoms. The maximum Gasteiger partial charge on any atom is 0.152 e. The molecule has 0 atom stereocenters. The topological polar surface area (TPSA) is 50.3 Å². The van der Waals surface area contributed by atoms with E-state index < -0.39 is 0 Å². The Morgan fingerprint density at radius 3 is 2.68 bits per heavy atom. The number of hydrogen-bond acceptors (Lipinski definition) is 3. The summed E-state index contributed by atoms with van der Waals surface area (Å²) in [6.45, 7) is 2.77. The summed E-state index contributed by atoms with van der Waals surface area (Å²) < 4.78 is 8.28. The molecule has 110 valence electrons. The molecule has 3 aromatic rings. The first-order valence-electron chi connectivity index (χ1n) is 7.04. The highest BCUT2D eigenvalue weighted by Crippen LogP contribution is 2.27. The Labute approximate surface area is 137 Å². The first-order valence-corrected chi connectivity index (χ1v) is 7.83. The van der Waals surface area contributed by atoms with Gasteiger partial charge in [-0.05, 0) is 58.7 Å². The largest absolute Gasteiger partial charge is 0.494 e. The molecule has 1 aromatic carbocycles. The van der Waals surface area contributed by atoms with Gasteiger partial charge in [0.05, 0.1) is 6.61 Å². The molecule has 0 spiro atoms. The molecule has 0 saturated heterocycles. The van der Waals surface area contributed by atoms with Crippen molar-refractivity contribution in [2.75, 3.05) is 6.61 Å². The molecule has 4 nitrogen and oxygen atoms in total. The Morgan fingerprint density at radius 2 is 2.00 bits per heavy atom. The van der Waals surface area contributed by atoms with Crippen LogP contribution in [0.2, 0.25) is 0 Å². The molecule has 5 heteroatoms. The van der Waals surface area contributed by atoms with Crippen molar-refractivity contribution in [3.63, 3.8) is 0 Å². The molecule has 0 amide bonds. The standard InChI is InChI=1S/C17H14BrN3O/c1-2-9-22-14-6-3-12(4-7-14)17-15(10-19)21-11-13(18)5-8-16(21)20-17/h3-8,11H,2,9H2,1H3. The van der Waals surface area contributed by atoms with Gasteiger partial charge in [-0.2, -0.15) is 5.26 Å². The van der Waals surface area contributed by atoms with Crippen LogP contribution in [-0.2, 0) is 0 Å². The third-order valence-electron chi connectivity index (χ3n) is 3.29. The van der Waals surface area contributed by atoms with Gasteiger partial charge in [0.2, 0.25) is 0 Å². The average Bonchev–Trinajstić information content (AvgIpc) is 2.91. The summed E-state index contributed by atoms with van der Waals surface area (Å²) in [6.07, 6.45) is 2.82. The quantitative estimate of drug-likeness (QED) is 0.695. The van der Waals surface area contributed by atoms with Gasteiger partial charge in [-0.25, -0.2) is 4.98 Å². The van der Waals surface area contributed by atoms with E-state index in [1.165, 1.54) is 0 Å². The molecular weight excluding hydrogens is 342 g/mol. The fourth-order valence-corrected chi connectivity index (χ4v) is 2.59. The van der Waals surface area contributed by atoms with Gasteiger partial charge in [-0.1, -0.05) is 6.92 Å². The van der Waals surface area contributed by atoms with E-state index >= 15 is 0 Å². The Kier molecular flexibility index (Phi) is 4.12. The molecule has 0 N–H and O–H groups in total. The number of nitrogens with zero attached hydrogens (tertiary/aromatic N) is 3. The summed E-state index contributed by atoms with van der Waals surface area (Å²) in [6, 6.07) is 13.7. The van der Waals surface area contributed by atoms with Crippen LogP contribution >= 0.6 is 15.9 Å². The minimum Gasteiger partial charge on any atom is -0.494 e. The van der Waals surface area contributed by atoms with Gasteiger partial charge in [0, 0.05) is 16.2 Å². The molecule has 0 saturated carbocycles. The van der Waals surface area contributed by atoms with Crippen LogP contribution < -0.4 is 4.74 Å². The van der Waals surface area contributed by atoms with E-state index in [2.05, 4.69) is 33.9 Å². The monoisotopic (exact) mass is 355 g/mol. The van der Waals surface area contributed by atoms with Crippen molar-refractivity contribution in [1.29, 1.82) is 5.26 Å². The van der Waals surface area contributed by atoms with Gasteiger partial charge < -0.3 is 4.74 Å². The minimum absolute atomic E-state index is 0.526. The van der Waals surface area contributed by atoms with Crippen LogP contribution in [0.25, 0.3) is 16.9 Å². The van der Waals surface area contributed by atoms with Crippen LogP contribution in [0.1, 0.15) is 19.0 Å². The molecule has 2 aromatic heterocycles. The third-order valence-corrected chi connectivity index (χ3v) is 3.76. The van der Waals surface area contributed by atoms with Crippen molar-refractivity contribution in [1.82, 2.24) is 9.38 Å². The highest BCUT2D eigenvalue weighted by Gasteiger charge is 2.14. The van der Waals surface area contributed by atoms with Gasteiger partial charge >= 0.3 is 0 Å². The van der Waals surface area contributed by atoms with E-state index in [0.29, 0.717) is 18.0 Å². The number of imidazole rings is 1. The van der Waals surface area contributed by atoms with E-state index in [9.17, 15) is 5.26 Å². The Morgan fingerprint density at radius 1 is 1.23 bits per heavy atom. The van der Waals surface area contributed by atoms with E-state index in [-0.39, 0.29) is 0 Å². The molecular formula is C17H14BrN3O. The molecule has 0 aliphatic carbocycles. The normalized spacial score (nSPS) is 10.6. The summed E-state index contributed by atoms with van der Waals surface area (Å²) in [5.74, 6) is 0.829. The molecule has 0 aliphatic rings. The van der Waals surface area contributed by atoms with Crippen LogP contribution in [0, 0.1) is 11.3 Å². The fourth-order valence-electron chi connectivity index (χ4n) is 2.26. The SMILES string of the molecule is CCCOc1ccc(-c2nc3ccc(Br)cn3c2C#N)cc1. The summed E-state index contributed by atoms with van der Waals surface area (Å²) in [7, 11) is 0. The summed E-state index contributed by atoms with van der Waals surface area (Å²) in [5.41, 5.74) is 2.86. The maximum absolute atomic E-state index is 9.48. The molecule has 2 heterocycles. The second-order valence-electron chi connectivity index (χ2n) is 4.87. The zero-order chi connectivity index (χ0) is 15.5. The maximum atomic E-state index is 9.48. The number of fused-ring (bicyclic) bond motifs is 1. The van der Waals surface area contributed by atoms with Gasteiger partial charge in [-0.15, -0.1) is 0 Å². The number of benzene rings is 1. The predicted octanol–water partition coefficient (Wildman–Crippen LogP) is 4.42. The zero-order valence-electron chi connectivity index (χ0n) is 12.1. The number of pyridine rings is 1. The lowest BCUT2D eigenvalue weighted by molar-refractivity contribution is 0.317. The van der Waals surface area contributed by atoms with Crippen LogP contribution in [-0.4, -0.2) is 16.0 Å². The van der Waals surface area contributed by atoms with Crippen molar-refractivity contribution in [2.24, 2.45) is 0 Å². The molecule has 0 aliphatic heterocycles. The number of ether oxygens (including phenoxy) is 1. The highest BCUT2D eigenvalue weighted by molar-refractivity contribution is 9.10. The van der Waals surface area contributed by atoms with Crippen molar-refractivity contribution >= 4 is 21.6 Å². The first-order chi connectivity index (χ1) is 10.7. The Bertz CT molecular complexity index is 847. The Hall–Kier alpha value is -2.32. The number of rotatable bonds is 4. The third kappa shape index (κ3) is 2.70. The van der Waals surface area contributed by atoms with Crippen molar-refractivity contribution in [3.05, 3.63) is 52.8 Å². The summed E-state index contributed by atoms with van der Waals surface area (Å²) >= 11 is 3.42. The van der Waals surface area contributed by atoms with Gasteiger partial charge in [0.25, 0.3) is 0 Å². The first kappa shape index (κ1) is 14.6. The zero-order valence-corrected chi connectivity index (χ0v) is 13.7. The van der Waals surface area contributed by atoms with Crippen LogP contribution in [0.4, 0.5) is 0 Å². The van der Waals surface area contributed by atoms with E-state index in [4.69, 9.17) is 4.74 Å². The minimum atomic E-state index is 0.526. The lowest BCUT2D eigenvalue weighted by Gasteiger charge is -2.05. The van der Waals surface area contributed by atoms with Crippen molar-refractivity contribution in [3.8, 4) is 23.1 Å². The van der Waals surface area contributed by atoms with Crippen molar-refractivity contribution < 1.29 is 4.74 Å². The van der Waals surface area contributed by atoms with Gasteiger partial charge in [-0.3, -0.25) is 4.40 Å². The molecule has 3 rings (SSSR count). The lowest BCUT2D eigenvalue weighted by Crippen LogP contribution is -1.94. The van der Waals surface area contributed by atoms with E-state index in [1.54, 1.807) is 4.40 Å². The molecule has 0 unspecified atom stereocenters. The molecule has 22 heavy (non-hydrogen) atoms. The van der Waals surface area contributed by atoms with Gasteiger partial charge in [0.1, 0.15) is 23.2 Å². The highest BCUT2D eigenvalue weighted by atomic mass is 79.9. The fraction of sp³-hybridized carbons (Fsp3) is 0.176. The molecule has 0 fully saturated rings. The second kappa shape index (κ2) is 6.20. The van der Waals surface area contributed by atoms with Crippen LogP contribution in [0.3, 0.4) is 0 Å². The van der Waals surface area contributed by atoms with Gasteiger partial charge in [0.15, 0.2) is 5.69 Å². The second-order valence-corrected chi connectivity index (χ2v) is 5.78. The molecule has 0 radical (unpaired) electrons. The smallest absolute Gasteiger partial charge is 0.152 e.